The van der Waals surface area contributed by atoms with Crippen LogP contribution in [0.25, 0.3) is 10.9 Å². The van der Waals surface area contributed by atoms with Crippen LogP contribution in [0.5, 0.6) is 0 Å². The summed E-state index contributed by atoms with van der Waals surface area (Å²) in [6, 6.07) is 11.5. The predicted molar refractivity (Wildman–Crippen MR) is 88.2 cm³/mol. The van der Waals surface area contributed by atoms with E-state index in [1.54, 1.807) is 0 Å². The molecule has 2 unspecified atom stereocenters. The van der Waals surface area contributed by atoms with Crippen LogP contribution in [0.15, 0.2) is 36.5 Å². The van der Waals surface area contributed by atoms with Gasteiger partial charge < -0.3 is 5.73 Å². The predicted octanol–water partition coefficient (Wildman–Crippen LogP) is 3.50. The van der Waals surface area contributed by atoms with Crippen LogP contribution in [0.2, 0.25) is 0 Å². The topological polar surface area (TPSA) is 42.1 Å². The molecule has 0 spiro atoms. The maximum Gasteiger partial charge on any atom is 0.0750 e. The normalized spacial score (nSPS) is 21.5. The van der Waals surface area contributed by atoms with Crippen molar-refractivity contribution in [1.82, 2.24) is 9.88 Å². The molecule has 112 valence electrons. The molecule has 1 aliphatic heterocycles. The molecule has 2 heterocycles. The Balaban J connectivity index is 2.01. The minimum Gasteiger partial charge on any atom is -0.329 e. The standard InChI is InChI=1S/C18H25N3/c1-2-15-9-3-4-12-21(15)17(13-19)16-10-5-7-14-8-6-11-20-18(14)16/h5-8,10-11,15,17H,2-4,9,12-13,19H2,1H3. The molecule has 1 aliphatic rings. The van der Waals surface area contributed by atoms with Crippen molar-refractivity contribution in [2.75, 3.05) is 13.1 Å². The van der Waals surface area contributed by atoms with Crippen LogP contribution >= 0.6 is 0 Å². The Kier molecular flexibility index (Phi) is 4.51. The minimum absolute atomic E-state index is 0.286. The van der Waals surface area contributed by atoms with Gasteiger partial charge in [-0.15, -0.1) is 0 Å². The van der Waals surface area contributed by atoms with Gasteiger partial charge in [-0.3, -0.25) is 9.88 Å². The summed E-state index contributed by atoms with van der Waals surface area (Å²) in [6.07, 6.45) is 7.01. The number of nitrogens with two attached hydrogens (primary N) is 1. The van der Waals surface area contributed by atoms with Gasteiger partial charge in [0.2, 0.25) is 0 Å². The lowest BCUT2D eigenvalue weighted by molar-refractivity contribution is 0.0955. The minimum atomic E-state index is 0.286. The van der Waals surface area contributed by atoms with Crippen LogP contribution in [0.1, 0.15) is 44.2 Å². The van der Waals surface area contributed by atoms with Crippen LogP contribution in [-0.4, -0.2) is 29.0 Å². The fourth-order valence-electron chi connectivity index (χ4n) is 3.71. The van der Waals surface area contributed by atoms with Gasteiger partial charge in [0.1, 0.15) is 0 Å². The Labute approximate surface area is 127 Å². The van der Waals surface area contributed by atoms with Gasteiger partial charge in [0.25, 0.3) is 0 Å². The zero-order valence-corrected chi connectivity index (χ0v) is 12.8. The highest BCUT2D eigenvalue weighted by atomic mass is 15.2. The molecule has 0 bridgehead atoms. The van der Waals surface area contributed by atoms with E-state index in [9.17, 15) is 0 Å². The van der Waals surface area contributed by atoms with Crippen LogP contribution in [0, 0.1) is 0 Å². The third-order valence-electron chi connectivity index (χ3n) is 4.79. The zero-order chi connectivity index (χ0) is 14.7. The van der Waals surface area contributed by atoms with Gasteiger partial charge in [0.15, 0.2) is 0 Å². The molecule has 2 atom stereocenters. The number of nitrogens with zero attached hydrogens (tertiary/aromatic N) is 2. The van der Waals surface area contributed by atoms with E-state index < -0.39 is 0 Å². The number of fused-ring (bicyclic) bond motifs is 1. The molecular formula is C18H25N3. The van der Waals surface area contributed by atoms with Crippen LogP contribution < -0.4 is 5.73 Å². The van der Waals surface area contributed by atoms with Crippen molar-refractivity contribution in [2.45, 2.75) is 44.7 Å². The summed E-state index contributed by atoms with van der Waals surface area (Å²) in [7, 11) is 0. The highest BCUT2D eigenvalue weighted by molar-refractivity contribution is 5.82. The van der Waals surface area contributed by atoms with E-state index in [1.165, 1.54) is 36.6 Å². The molecule has 0 aliphatic carbocycles. The molecular weight excluding hydrogens is 258 g/mol. The Morgan fingerprint density at radius 2 is 2.14 bits per heavy atom. The van der Waals surface area contributed by atoms with Gasteiger partial charge in [-0.25, -0.2) is 0 Å². The molecule has 3 nitrogen and oxygen atoms in total. The zero-order valence-electron chi connectivity index (χ0n) is 12.8. The summed E-state index contributed by atoms with van der Waals surface area (Å²) in [6.45, 7) is 4.10. The van der Waals surface area contributed by atoms with Crippen molar-refractivity contribution >= 4 is 10.9 Å². The number of benzene rings is 1. The highest BCUT2D eigenvalue weighted by Gasteiger charge is 2.29. The van der Waals surface area contributed by atoms with E-state index in [0.717, 1.165) is 12.1 Å². The molecule has 2 aromatic rings. The first-order valence-electron chi connectivity index (χ1n) is 8.14. The van der Waals surface area contributed by atoms with Crippen LogP contribution in [0.3, 0.4) is 0 Å². The van der Waals surface area contributed by atoms with E-state index in [2.05, 4.69) is 41.1 Å². The fourth-order valence-corrected chi connectivity index (χ4v) is 3.71. The van der Waals surface area contributed by atoms with E-state index in [1.807, 2.05) is 12.3 Å². The van der Waals surface area contributed by atoms with Crippen molar-refractivity contribution in [1.29, 1.82) is 0 Å². The molecule has 0 saturated carbocycles. The first kappa shape index (κ1) is 14.5. The Bertz CT molecular complexity index is 591. The Morgan fingerprint density at radius 3 is 2.95 bits per heavy atom. The van der Waals surface area contributed by atoms with E-state index in [0.29, 0.717) is 12.6 Å². The number of para-hydroxylation sites is 1. The second-order valence-corrected chi connectivity index (χ2v) is 5.97. The second-order valence-electron chi connectivity index (χ2n) is 5.97. The van der Waals surface area contributed by atoms with Crippen molar-refractivity contribution < 1.29 is 0 Å². The summed E-state index contributed by atoms with van der Waals surface area (Å²) in [4.78, 5) is 7.23. The van der Waals surface area contributed by atoms with Gasteiger partial charge >= 0.3 is 0 Å². The smallest absolute Gasteiger partial charge is 0.0750 e. The second kappa shape index (κ2) is 6.54. The van der Waals surface area contributed by atoms with Crippen molar-refractivity contribution in [3.05, 3.63) is 42.1 Å². The number of likely N-dealkylation sites (tertiary alicyclic amines) is 1. The van der Waals surface area contributed by atoms with Gasteiger partial charge in [0, 0.05) is 30.2 Å². The SMILES string of the molecule is CCC1CCCCN1C(CN)c1cccc2cccnc12. The first-order chi connectivity index (χ1) is 10.3. The van der Waals surface area contributed by atoms with Crippen molar-refractivity contribution in [3.63, 3.8) is 0 Å². The Morgan fingerprint density at radius 1 is 1.29 bits per heavy atom. The number of piperidine rings is 1. The van der Waals surface area contributed by atoms with E-state index >= 15 is 0 Å². The largest absolute Gasteiger partial charge is 0.329 e. The summed E-state index contributed by atoms with van der Waals surface area (Å²) >= 11 is 0. The third kappa shape index (κ3) is 2.81. The molecule has 1 aromatic heterocycles. The number of pyridine rings is 1. The van der Waals surface area contributed by atoms with E-state index in [-0.39, 0.29) is 6.04 Å². The summed E-state index contributed by atoms with van der Waals surface area (Å²) in [5.41, 5.74) is 8.57. The van der Waals surface area contributed by atoms with Gasteiger partial charge in [-0.2, -0.15) is 0 Å². The molecule has 3 rings (SSSR count). The third-order valence-corrected chi connectivity index (χ3v) is 4.79. The molecule has 3 heteroatoms. The number of hydrogen-bond donors (Lipinski definition) is 1. The van der Waals surface area contributed by atoms with Gasteiger partial charge in [0.05, 0.1) is 5.52 Å². The van der Waals surface area contributed by atoms with Crippen LogP contribution in [-0.2, 0) is 0 Å². The average molecular weight is 283 g/mol. The summed E-state index contributed by atoms with van der Waals surface area (Å²) < 4.78 is 0. The van der Waals surface area contributed by atoms with Crippen LogP contribution in [0.4, 0.5) is 0 Å². The quantitative estimate of drug-likeness (QED) is 0.934. The van der Waals surface area contributed by atoms with Crippen molar-refractivity contribution in [3.8, 4) is 0 Å². The maximum atomic E-state index is 6.17. The lowest BCUT2D eigenvalue weighted by Gasteiger charge is -2.41. The van der Waals surface area contributed by atoms with Crippen molar-refractivity contribution in [2.24, 2.45) is 5.73 Å². The number of rotatable bonds is 4. The monoisotopic (exact) mass is 283 g/mol. The highest BCUT2D eigenvalue weighted by Crippen LogP contribution is 2.32. The van der Waals surface area contributed by atoms with Gasteiger partial charge in [-0.1, -0.05) is 37.6 Å². The van der Waals surface area contributed by atoms with E-state index in [4.69, 9.17) is 5.73 Å². The summed E-state index contributed by atoms with van der Waals surface area (Å²) in [5, 5.41) is 1.21. The van der Waals surface area contributed by atoms with Gasteiger partial charge in [-0.05, 0) is 37.4 Å². The lowest BCUT2D eigenvalue weighted by Crippen LogP contribution is -2.44. The Hall–Kier alpha value is -1.45. The molecule has 1 saturated heterocycles. The number of aromatic nitrogens is 1. The fraction of sp³-hybridized carbons (Fsp3) is 0.500. The first-order valence-corrected chi connectivity index (χ1v) is 8.14. The molecule has 0 radical (unpaired) electrons. The molecule has 1 fully saturated rings. The molecule has 2 N–H and O–H groups in total. The molecule has 21 heavy (non-hydrogen) atoms. The molecule has 1 aromatic carbocycles. The molecule has 0 amide bonds. The average Bonchev–Trinajstić information content (AvgIpc) is 2.56. The lowest BCUT2D eigenvalue weighted by atomic mass is 9.94. The summed E-state index contributed by atoms with van der Waals surface area (Å²) in [5.74, 6) is 0. The number of hydrogen-bond acceptors (Lipinski definition) is 3. The maximum absolute atomic E-state index is 6.17.